The highest BCUT2D eigenvalue weighted by Crippen LogP contribution is 2.22. The Balaban J connectivity index is 1.76. The molecule has 1 fully saturated rings. The lowest BCUT2D eigenvalue weighted by atomic mass is 10.1. The Hall–Kier alpha value is -0.920. The van der Waals surface area contributed by atoms with Gasteiger partial charge in [0, 0.05) is 42.4 Å². The van der Waals surface area contributed by atoms with Crippen LogP contribution in [0.1, 0.15) is 28.2 Å². The van der Waals surface area contributed by atoms with Crippen LogP contribution in [0, 0.1) is 13.8 Å². The van der Waals surface area contributed by atoms with Gasteiger partial charge in [0.05, 0.1) is 6.26 Å². The largest absolute Gasteiger partial charge is 0.340 e. The summed E-state index contributed by atoms with van der Waals surface area (Å²) in [6.07, 6.45) is 3.54. The van der Waals surface area contributed by atoms with Crippen LogP contribution in [-0.4, -0.2) is 56.0 Å². The van der Waals surface area contributed by atoms with E-state index in [9.17, 15) is 13.2 Å². The Kier molecular flexibility index (Phi) is 5.63. The van der Waals surface area contributed by atoms with Crippen molar-refractivity contribution in [1.29, 1.82) is 0 Å². The van der Waals surface area contributed by atoms with Crippen LogP contribution in [0.4, 0.5) is 0 Å². The van der Waals surface area contributed by atoms with Gasteiger partial charge in [-0.25, -0.2) is 8.42 Å². The maximum atomic E-state index is 12.2. The third-order valence-corrected chi connectivity index (χ3v) is 6.35. The van der Waals surface area contributed by atoms with Gasteiger partial charge in [0.2, 0.25) is 15.9 Å². The van der Waals surface area contributed by atoms with Crippen molar-refractivity contribution < 1.29 is 13.2 Å². The summed E-state index contributed by atoms with van der Waals surface area (Å²) >= 11 is 1.80. The lowest BCUT2D eigenvalue weighted by molar-refractivity contribution is -0.132. The molecule has 124 valence electrons. The standard InChI is InChI=1S/C15H24N2O3S2/c1-12-11-14(13(2)21-12)5-4-6-15(18)16-7-9-17(10-8-16)22(3,19)20/h11H,4-10H2,1-3H3. The second kappa shape index (κ2) is 7.10. The van der Waals surface area contributed by atoms with Gasteiger partial charge in [-0.2, -0.15) is 4.31 Å². The molecule has 0 atom stereocenters. The van der Waals surface area contributed by atoms with Gasteiger partial charge in [0.25, 0.3) is 0 Å². The second-order valence-corrected chi connectivity index (χ2v) is 9.28. The van der Waals surface area contributed by atoms with Crippen molar-refractivity contribution in [1.82, 2.24) is 9.21 Å². The minimum Gasteiger partial charge on any atom is -0.340 e. The molecule has 1 aromatic heterocycles. The van der Waals surface area contributed by atoms with E-state index in [1.165, 1.54) is 25.9 Å². The van der Waals surface area contributed by atoms with Crippen molar-refractivity contribution in [2.45, 2.75) is 33.1 Å². The molecule has 2 heterocycles. The predicted octanol–water partition coefficient (Wildman–Crippen LogP) is 1.79. The van der Waals surface area contributed by atoms with Gasteiger partial charge in [-0.3, -0.25) is 4.79 Å². The number of carbonyl (C=O) groups is 1. The molecule has 0 aliphatic carbocycles. The van der Waals surface area contributed by atoms with Crippen LogP contribution in [-0.2, 0) is 21.2 Å². The first-order valence-electron chi connectivity index (χ1n) is 7.56. The van der Waals surface area contributed by atoms with Crippen molar-refractivity contribution >= 4 is 27.3 Å². The van der Waals surface area contributed by atoms with Crippen molar-refractivity contribution in [3.05, 3.63) is 21.4 Å². The number of sulfonamides is 1. The van der Waals surface area contributed by atoms with E-state index in [0.29, 0.717) is 32.6 Å². The van der Waals surface area contributed by atoms with Gasteiger partial charge in [0.1, 0.15) is 0 Å². The molecule has 0 unspecified atom stereocenters. The van der Waals surface area contributed by atoms with E-state index in [4.69, 9.17) is 0 Å². The lowest BCUT2D eigenvalue weighted by Crippen LogP contribution is -2.50. The molecular formula is C15H24N2O3S2. The molecule has 0 bridgehead atoms. The van der Waals surface area contributed by atoms with Gasteiger partial charge < -0.3 is 4.90 Å². The lowest BCUT2D eigenvalue weighted by Gasteiger charge is -2.33. The third kappa shape index (κ3) is 4.54. The fraction of sp³-hybridized carbons (Fsp3) is 0.667. The highest BCUT2D eigenvalue weighted by molar-refractivity contribution is 7.88. The summed E-state index contributed by atoms with van der Waals surface area (Å²) in [4.78, 5) is 16.6. The molecule has 1 saturated heterocycles. The Morgan fingerprint density at radius 3 is 2.36 bits per heavy atom. The van der Waals surface area contributed by atoms with Crippen LogP contribution in [0.3, 0.4) is 0 Å². The molecule has 0 N–H and O–H groups in total. The maximum Gasteiger partial charge on any atom is 0.222 e. The van der Waals surface area contributed by atoms with Gasteiger partial charge in [-0.05, 0) is 38.3 Å². The summed E-state index contributed by atoms with van der Waals surface area (Å²) < 4.78 is 24.3. The molecule has 1 aliphatic rings. The third-order valence-electron chi connectivity index (χ3n) is 4.04. The van der Waals surface area contributed by atoms with Crippen molar-refractivity contribution in [3.63, 3.8) is 0 Å². The highest BCUT2D eigenvalue weighted by Gasteiger charge is 2.25. The van der Waals surface area contributed by atoms with Gasteiger partial charge in [0.15, 0.2) is 0 Å². The quantitative estimate of drug-likeness (QED) is 0.818. The zero-order chi connectivity index (χ0) is 16.3. The van der Waals surface area contributed by atoms with Crippen LogP contribution in [0.2, 0.25) is 0 Å². The summed E-state index contributed by atoms with van der Waals surface area (Å²) in [5, 5.41) is 0. The topological polar surface area (TPSA) is 57.7 Å². The van der Waals surface area contributed by atoms with Crippen molar-refractivity contribution in [2.75, 3.05) is 32.4 Å². The molecule has 1 aliphatic heterocycles. The normalized spacial score (nSPS) is 17.0. The molecule has 1 aromatic rings. The number of rotatable bonds is 5. The fourth-order valence-corrected chi connectivity index (χ4v) is 4.59. The molecule has 0 radical (unpaired) electrons. The maximum absolute atomic E-state index is 12.2. The Morgan fingerprint density at radius 1 is 1.23 bits per heavy atom. The molecule has 0 spiro atoms. The van der Waals surface area contributed by atoms with E-state index >= 15 is 0 Å². The highest BCUT2D eigenvalue weighted by atomic mass is 32.2. The fourth-order valence-electron chi connectivity index (χ4n) is 2.79. The van der Waals surface area contributed by atoms with E-state index in [1.807, 2.05) is 0 Å². The monoisotopic (exact) mass is 344 g/mol. The SMILES string of the molecule is Cc1cc(CCCC(=O)N2CCN(S(C)(=O)=O)CC2)c(C)s1. The molecule has 0 aromatic carbocycles. The minimum atomic E-state index is -3.13. The van der Waals surface area contributed by atoms with Crippen LogP contribution in [0.15, 0.2) is 6.07 Å². The zero-order valence-electron chi connectivity index (χ0n) is 13.5. The van der Waals surface area contributed by atoms with E-state index in [-0.39, 0.29) is 5.91 Å². The van der Waals surface area contributed by atoms with Gasteiger partial charge in [-0.15, -0.1) is 11.3 Å². The summed E-state index contributed by atoms with van der Waals surface area (Å²) in [6.45, 7) is 6.05. The number of piperazine rings is 1. The average Bonchev–Trinajstić information content (AvgIpc) is 2.76. The number of carbonyl (C=O) groups excluding carboxylic acids is 1. The summed E-state index contributed by atoms with van der Waals surface area (Å²) in [5.41, 5.74) is 1.34. The van der Waals surface area contributed by atoms with E-state index in [0.717, 1.165) is 12.8 Å². The number of hydrogen-bond acceptors (Lipinski definition) is 4. The number of aryl methyl sites for hydroxylation is 3. The molecule has 2 rings (SSSR count). The van der Waals surface area contributed by atoms with E-state index in [1.54, 1.807) is 16.2 Å². The molecule has 1 amide bonds. The van der Waals surface area contributed by atoms with E-state index < -0.39 is 10.0 Å². The van der Waals surface area contributed by atoms with Crippen LogP contribution < -0.4 is 0 Å². The summed E-state index contributed by atoms with van der Waals surface area (Å²) in [7, 11) is -3.13. The minimum absolute atomic E-state index is 0.137. The average molecular weight is 345 g/mol. The van der Waals surface area contributed by atoms with Crippen LogP contribution >= 0.6 is 11.3 Å². The number of amides is 1. The smallest absolute Gasteiger partial charge is 0.222 e. The van der Waals surface area contributed by atoms with Crippen molar-refractivity contribution in [3.8, 4) is 0 Å². The number of thiophene rings is 1. The van der Waals surface area contributed by atoms with Crippen LogP contribution in [0.25, 0.3) is 0 Å². The molecule has 22 heavy (non-hydrogen) atoms. The number of nitrogens with zero attached hydrogens (tertiary/aromatic N) is 2. The molecule has 7 heteroatoms. The Bertz CT molecular complexity index is 629. The van der Waals surface area contributed by atoms with Crippen LogP contribution in [0.5, 0.6) is 0 Å². The Morgan fingerprint density at radius 2 is 1.86 bits per heavy atom. The van der Waals surface area contributed by atoms with Crippen molar-refractivity contribution in [2.24, 2.45) is 0 Å². The van der Waals surface area contributed by atoms with Gasteiger partial charge in [-0.1, -0.05) is 0 Å². The number of hydrogen-bond donors (Lipinski definition) is 0. The Labute approximate surface area is 137 Å². The first-order valence-corrected chi connectivity index (χ1v) is 10.2. The molecular weight excluding hydrogens is 320 g/mol. The molecule has 0 saturated carbocycles. The van der Waals surface area contributed by atoms with E-state index in [2.05, 4.69) is 19.9 Å². The summed E-state index contributed by atoms with van der Waals surface area (Å²) in [6, 6.07) is 2.20. The molecule has 5 nitrogen and oxygen atoms in total. The summed E-state index contributed by atoms with van der Waals surface area (Å²) in [5.74, 6) is 0.137. The van der Waals surface area contributed by atoms with Gasteiger partial charge >= 0.3 is 0 Å². The zero-order valence-corrected chi connectivity index (χ0v) is 15.1. The predicted molar refractivity (Wildman–Crippen MR) is 89.7 cm³/mol. The second-order valence-electron chi connectivity index (χ2n) is 5.83. The first kappa shape index (κ1) is 17.4. The first-order chi connectivity index (χ1) is 10.3.